The third-order valence-electron chi connectivity index (χ3n) is 3.30. The van der Waals surface area contributed by atoms with Gasteiger partial charge in [0, 0.05) is 10.9 Å². The summed E-state index contributed by atoms with van der Waals surface area (Å²) in [5.41, 5.74) is 3.78. The van der Waals surface area contributed by atoms with Crippen molar-refractivity contribution < 1.29 is 9.50 Å². The van der Waals surface area contributed by atoms with Crippen molar-refractivity contribution in [3.8, 4) is 0 Å². The van der Waals surface area contributed by atoms with Crippen LogP contribution >= 0.6 is 15.9 Å². The van der Waals surface area contributed by atoms with Crippen LogP contribution in [0, 0.1) is 19.7 Å². The highest BCUT2D eigenvalue weighted by Gasteiger charge is 2.14. The SMILES string of the molecule is Cc1cc(F)ccc1CC(O)c1cccc(C)c1Br. The van der Waals surface area contributed by atoms with Crippen LogP contribution in [-0.4, -0.2) is 5.11 Å². The lowest BCUT2D eigenvalue weighted by Gasteiger charge is -2.15. The number of benzene rings is 2. The van der Waals surface area contributed by atoms with Gasteiger partial charge in [-0.2, -0.15) is 0 Å². The topological polar surface area (TPSA) is 20.2 Å². The van der Waals surface area contributed by atoms with E-state index in [2.05, 4.69) is 15.9 Å². The van der Waals surface area contributed by atoms with Crippen molar-refractivity contribution in [2.75, 3.05) is 0 Å². The maximum Gasteiger partial charge on any atom is 0.123 e. The Bertz CT molecular complexity index is 595. The van der Waals surface area contributed by atoms with Crippen LogP contribution in [0.1, 0.15) is 28.4 Å². The standard InChI is InChI=1S/C16H16BrFO/c1-10-4-3-5-14(16(10)17)15(19)9-12-6-7-13(18)8-11(12)2/h3-8,15,19H,9H2,1-2H3. The summed E-state index contributed by atoms with van der Waals surface area (Å²) in [4.78, 5) is 0. The molecule has 100 valence electrons. The van der Waals surface area contributed by atoms with Crippen molar-refractivity contribution in [2.24, 2.45) is 0 Å². The van der Waals surface area contributed by atoms with Crippen LogP contribution in [0.15, 0.2) is 40.9 Å². The largest absolute Gasteiger partial charge is 0.388 e. The van der Waals surface area contributed by atoms with Crippen LogP contribution in [0.25, 0.3) is 0 Å². The number of aryl methyl sites for hydroxylation is 2. The molecule has 1 unspecified atom stereocenters. The molecule has 0 radical (unpaired) electrons. The molecule has 0 aliphatic carbocycles. The molecular weight excluding hydrogens is 307 g/mol. The summed E-state index contributed by atoms with van der Waals surface area (Å²) in [5, 5.41) is 10.3. The van der Waals surface area contributed by atoms with Gasteiger partial charge >= 0.3 is 0 Å². The summed E-state index contributed by atoms with van der Waals surface area (Å²) in [5.74, 6) is -0.243. The highest BCUT2D eigenvalue weighted by molar-refractivity contribution is 9.10. The molecule has 0 fully saturated rings. The molecule has 0 saturated heterocycles. The number of hydrogen-bond donors (Lipinski definition) is 1. The van der Waals surface area contributed by atoms with Crippen LogP contribution < -0.4 is 0 Å². The predicted octanol–water partition coefficient (Wildman–Crippen LogP) is 4.48. The van der Waals surface area contributed by atoms with Gasteiger partial charge in [0.2, 0.25) is 0 Å². The van der Waals surface area contributed by atoms with Crippen LogP contribution in [0.5, 0.6) is 0 Å². The maximum absolute atomic E-state index is 13.1. The fourth-order valence-electron chi connectivity index (χ4n) is 2.13. The summed E-state index contributed by atoms with van der Waals surface area (Å²) in [6.45, 7) is 3.85. The zero-order valence-corrected chi connectivity index (χ0v) is 12.5. The van der Waals surface area contributed by atoms with Crippen LogP contribution in [0.2, 0.25) is 0 Å². The Morgan fingerprint density at radius 2 is 1.89 bits per heavy atom. The second-order valence-corrected chi connectivity index (χ2v) is 5.56. The zero-order valence-electron chi connectivity index (χ0n) is 11.0. The molecule has 19 heavy (non-hydrogen) atoms. The minimum Gasteiger partial charge on any atom is -0.388 e. The van der Waals surface area contributed by atoms with E-state index in [0.29, 0.717) is 6.42 Å². The molecule has 0 spiro atoms. The second-order valence-electron chi connectivity index (χ2n) is 4.77. The maximum atomic E-state index is 13.1. The molecule has 2 aromatic rings. The van der Waals surface area contributed by atoms with Crippen molar-refractivity contribution in [3.63, 3.8) is 0 Å². The normalized spacial score (nSPS) is 12.5. The van der Waals surface area contributed by atoms with E-state index in [0.717, 1.165) is 26.7 Å². The fourth-order valence-corrected chi connectivity index (χ4v) is 2.66. The number of rotatable bonds is 3. The molecule has 3 heteroatoms. The van der Waals surface area contributed by atoms with E-state index in [1.807, 2.05) is 32.0 Å². The number of halogens is 2. The highest BCUT2D eigenvalue weighted by Crippen LogP contribution is 2.29. The van der Waals surface area contributed by atoms with Gasteiger partial charge < -0.3 is 5.11 Å². The lowest BCUT2D eigenvalue weighted by Crippen LogP contribution is -2.05. The van der Waals surface area contributed by atoms with E-state index in [1.165, 1.54) is 12.1 Å². The molecule has 1 atom stereocenters. The molecule has 1 nitrogen and oxygen atoms in total. The van der Waals surface area contributed by atoms with Crippen molar-refractivity contribution in [1.82, 2.24) is 0 Å². The molecule has 0 heterocycles. The van der Waals surface area contributed by atoms with E-state index in [9.17, 15) is 9.50 Å². The quantitative estimate of drug-likeness (QED) is 0.883. The Morgan fingerprint density at radius 1 is 1.16 bits per heavy atom. The third kappa shape index (κ3) is 3.23. The van der Waals surface area contributed by atoms with Gasteiger partial charge in [0.1, 0.15) is 5.82 Å². The Morgan fingerprint density at radius 3 is 2.58 bits per heavy atom. The van der Waals surface area contributed by atoms with Gasteiger partial charge in [0.05, 0.1) is 6.10 Å². The Labute approximate surface area is 121 Å². The molecule has 0 amide bonds. The number of hydrogen-bond acceptors (Lipinski definition) is 1. The average molecular weight is 323 g/mol. The Hall–Kier alpha value is -1.19. The first-order valence-electron chi connectivity index (χ1n) is 6.17. The van der Waals surface area contributed by atoms with Gasteiger partial charge in [-0.15, -0.1) is 0 Å². The first kappa shape index (κ1) is 14.2. The Kier molecular flexibility index (Phi) is 4.38. The van der Waals surface area contributed by atoms with Gasteiger partial charge in [0.15, 0.2) is 0 Å². The summed E-state index contributed by atoms with van der Waals surface area (Å²) in [7, 11) is 0. The summed E-state index contributed by atoms with van der Waals surface area (Å²) in [6.07, 6.45) is -0.118. The van der Waals surface area contributed by atoms with Crippen LogP contribution in [0.3, 0.4) is 0 Å². The van der Waals surface area contributed by atoms with Gasteiger partial charge in [-0.05, 0) is 48.2 Å². The monoisotopic (exact) mass is 322 g/mol. The summed E-state index contributed by atoms with van der Waals surface area (Å²) < 4.78 is 14.0. The average Bonchev–Trinajstić information content (AvgIpc) is 2.36. The molecule has 1 N–H and O–H groups in total. The molecule has 0 saturated carbocycles. The van der Waals surface area contributed by atoms with Crippen molar-refractivity contribution >= 4 is 15.9 Å². The molecular formula is C16H16BrFO. The molecule has 0 bridgehead atoms. The highest BCUT2D eigenvalue weighted by atomic mass is 79.9. The zero-order chi connectivity index (χ0) is 14.0. The van der Waals surface area contributed by atoms with Crippen molar-refractivity contribution in [3.05, 3.63) is 68.9 Å². The van der Waals surface area contributed by atoms with Gasteiger partial charge in [-0.3, -0.25) is 0 Å². The number of aliphatic hydroxyl groups excluding tert-OH is 1. The molecule has 0 aliphatic rings. The molecule has 2 rings (SSSR count). The van der Waals surface area contributed by atoms with E-state index >= 15 is 0 Å². The Balaban J connectivity index is 2.25. The van der Waals surface area contributed by atoms with Crippen LogP contribution in [0.4, 0.5) is 4.39 Å². The van der Waals surface area contributed by atoms with E-state index in [4.69, 9.17) is 0 Å². The van der Waals surface area contributed by atoms with Crippen molar-refractivity contribution in [2.45, 2.75) is 26.4 Å². The smallest absolute Gasteiger partial charge is 0.123 e. The minimum absolute atomic E-state index is 0.243. The predicted molar refractivity (Wildman–Crippen MR) is 78.7 cm³/mol. The lowest BCUT2D eigenvalue weighted by atomic mass is 9.97. The fraction of sp³-hybridized carbons (Fsp3) is 0.250. The third-order valence-corrected chi connectivity index (χ3v) is 4.38. The van der Waals surface area contributed by atoms with Gasteiger partial charge in [0.25, 0.3) is 0 Å². The van der Waals surface area contributed by atoms with Gasteiger partial charge in [-0.1, -0.05) is 40.2 Å². The molecule has 0 aromatic heterocycles. The number of aliphatic hydroxyl groups is 1. The second kappa shape index (κ2) is 5.85. The van der Waals surface area contributed by atoms with Gasteiger partial charge in [-0.25, -0.2) is 4.39 Å². The molecule has 2 aromatic carbocycles. The first-order valence-corrected chi connectivity index (χ1v) is 6.96. The van der Waals surface area contributed by atoms with Crippen LogP contribution in [-0.2, 0) is 6.42 Å². The summed E-state index contributed by atoms with van der Waals surface area (Å²) in [6, 6.07) is 10.5. The van der Waals surface area contributed by atoms with E-state index in [1.54, 1.807) is 6.07 Å². The van der Waals surface area contributed by atoms with E-state index < -0.39 is 6.10 Å². The first-order chi connectivity index (χ1) is 8.99. The lowest BCUT2D eigenvalue weighted by molar-refractivity contribution is 0.177. The molecule has 0 aliphatic heterocycles. The van der Waals surface area contributed by atoms with E-state index in [-0.39, 0.29) is 5.82 Å². The minimum atomic E-state index is -0.599. The van der Waals surface area contributed by atoms with Crippen molar-refractivity contribution in [1.29, 1.82) is 0 Å². The summed E-state index contributed by atoms with van der Waals surface area (Å²) >= 11 is 3.50.